The molecule has 11 aromatic carbocycles. The molecular formula is C64H44N2. The van der Waals surface area contributed by atoms with E-state index in [1.54, 1.807) is 0 Å². The Morgan fingerprint density at radius 3 is 1.44 bits per heavy atom. The van der Waals surface area contributed by atoms with Crippen LogP contribution >= 0.6 is 0 Å². The van der Waals surface area contributed by atoms with Crippen LogP contribution in [-0.4, -0.2) is 4.57 Å². The van der Waals surface area contributed by atoms with Crippen molar-refractivity contribution in [2.75, 3.05) is 4.90 Å². The van der Waals surface area contributed by atoms with Crippen molar-refractivity contribution in [3.05, 3.63) is 267 Å². The third kappa shape index (κ3) is 6.84. The molecule has 12 aromatic rings. The molecule has 1 aromatic heterocycles. The fourth-order valence-corrected chi connectivity index (χ4v) is 10.0. The topological polar surface area (TPSA) is 8.17 Å². The molecule has 0 aliphatic carbocycles. The summed E-state index contributed by atoms with van der Waals surface area (Å²) in [5.41, 5.74) is 18.6. The number of hydrogen-bond acceptors (Lipinski definition) is 1. The summed E-state index contributed by atoms with van der Waals surface area (Å²) >= 11 is 0. The van der Waals surface area contributed by atoms with Crippen molar-refractivity contribution in [2.45, 2.75) is 0 Å². The molecular weight excluding hydrogens is 797 g/mol. The minimum Gasteiger partial charge on any atom is -0.309 e. The molecule has 0 saturated carbocycles. The van der Waals surface area contributed by atoms with E-state index in [1.165, 1.54) is 54.8 Å². The average molecular weight is 841 g/mol. The molecule has 2 heteroatoms. The first-order valence-corrected chi connectivity index (χ1v) is 22.7. The van der Waals surface area contributed by atoms with Gasteiger partial charge < -0.3 is 9.47 Å². The Hall–Kier alpha value is -8.72. The maximum Gasteiger partial charge on any atom is 0.0541 e. The quantitative estimate of drug-likeness (QED) is 0.141. The monoisotopic (exact) mass is 840 g/mol. The lowest BCUT2D eigenvalue weighted by Gasteiger charge is -2.30. The molecule has 0 fully saturated rings. The Kier molecular flexibility index (Phi) is 9.89. The minimum atomic E-state index is 1.07. The molecule has 0 spiro atoms. The van der Waals surface area contributed by atoms with E-state index < -0.39 is 0 Å². The summed E-state index contributed by atoms with van der Waals surface area (Å²) in [6.07, 6.45) is 0. The summed E-state index contributed by atoms with van der Waals surface area (Å²) in [4.78, 5) is 2.48. The summed E-state index contributed by atoms with van der Waals surface area (Å²) < 4.78 is 2.44. The molecule has 1 heterocycles. The third-order valence-corrected chi connectivity index (χ3v) is 13.0. The van der Waals surface area contributed by atoms with Gasteiger partial charge in [-0.2, -0.15) is 0 Å². The van der Waals surface area contributed by atoms with Gasteiger partial charge in [0.1, 0.15) is 0 Å². The molecule has 12 rings (SSSR count). The van der Waals surface area contributed by atoms with Crippen molar-refractivity contribution < 1.29 is 0 Å². The second-order valence-corrected chi connectivity index (χ2v) is 16.8. The van der Waals surface area contributed by atoms with Crippen LogP contribution in [0.15, 0.2) is 267 Å². The van der Waals surface area contributed by atoms with Gasteiger partial charge in [-0.15, -0.1) is 0 Å². The Balaban J connectivity index is 1.10. The summed E-state index contributed by atoms with van der Waals surface area (Å²) in [5, 5.41) is 4.86. The molecule has 0 aliphatic heterocycles. The van der Waals surface area contributed by atoms with Crippen molar-refractivity contribution in [1.82, 2.24) is 4.57 Å². The van der Waals surface area contributed by atoms with Gasteiger partial charge in [0, 0.05) is 33.0 Å². The smallest absolute Gasteiger partial charge is 0.0541 e. The number of anilines is 3. The second kappa shape index (κ2) is 16.8. The third-order valence-electron chi connectivity index (χ3n) is 13.0. The van der Waals surface area contributed by atoms with E-state index in [9.17, 15) is 0 Å². The van der Waals surface area contributed by atoms with Crippen LogP contribution in [0.5, 0.6) is 0 Å². The highest BCUT2D eigenvalue weighted by Gasteiger charge is 2.23. The Morgan fingerprint density at radius 1 is 0.242 bits per heavy atom. The lowest BCUT2D eigenvalue weighted by molar-refractivity contribution is 1.18. The number of nitrogens with zero attached hydrogens (tertiary/aromatic N) is 2. The molecule has 0 amide bonds. The molecule has 310 valence electrons. The van der Waals surface area contributed by atoms with Gasteiger partial charge in [0.05, 0.1) is 28.1 Å². The highest BCUT2D eigenvalue weighted by molar-refractivity contribution is 6.11. The maximum absolute atomic E-state index is 2.48. The van der Waals surface area contributed by atoms with Gasteiger partial charge in [-0.05, 0) is 98.4 Å². The van der Waals surface area contributed by atoms with Crippen LogP contribution in [0.3, 0.4) is 0 Å². The predicted octanol–water partition coefficient (Wildman–Crippen LogP) is 17.7. The largest absolute Gasteiger partial charge is 0.309 e. The first-order chi connectivity index (χ1) is 32.8. The average Bonchev–Trinajstić information content (AvgIpc) is 3.74. The van der Waals surface area contributed by atoms with E-state index in [0.29, 0.717) is 0 Å². The van der Waals surface area contributed by atoms with Crippen LogP contribution in [0.2, 0.25) is 0 Å². The lowest BCUT2D eigenvalue weighted by atomic mass is 9.91. The van der Waals surface area contributed by atoms with E-state index >= 15 is 0 Å². The molecule has 66 heavy (non-hydrogen) atoms. The van der Waals surface area contributed by atoms with E-state index in [1.807, 2.05) is 0 Å². The van der Waals surface area contributed by atoms with Crippen molar-refractivity contribution in [1.29, 1.82) is 0 Å². The van der Waals surface area contributed by atoms with Gasteiger partial charge in [-0.25, -0.2) is 0 Å². The van der Waals surface area contributed by atoms with Crippen LogP contribution in [0.1, 0.15) is 0 Å². The Labute approximate surface area is 385 Å². The predicted molar refractivity (Wildman–Crippen MR) is 280 cm³/mol. The number of para-hydroxylation sites is 4. The minimum absolute atomic E-state index is 1.07. The van der Waals surface area contributed by atoms with Crippen molar-refractivity contribution >= 4 is 49.6 Å². The summed E-state index contributed by atoms with van der Waals surface area (Å²) in [7, 11) is 0. The zero-order valence-electron chi connectivity index (χ0n) is 36.3. The SMILES string of the molecule is c1ccc(-c2cccc(-c3ccc(N(c4ccc(-c5ccccc5-n5c6ccccc6c6ccccc65)c(-c5ccccc5)c4)c4ccccc4-c4ccccc4)c4ccccc34)c2)cc1. The van der Waals surface area contributed by atoms with Crippen LogP contribution in [0.25, 0.3) is 93.9 Å². The van der Waals surface area contributed by atoms with E-state index in [0.717, 1.165) is 56.1 Å². The van der Waals surface area contributed by atoms with Crippen molar-refractivity contribution in [3.63, 3.8) is 0 Å². The van der Waals surface area contributed by atoms with Crippen molar-refractivity contribution in [2.24, 2.45) is 0 Å². The van der Waals surface area contributed by atoms with Crippen molar-refractivity contribution in [3.8, 4) is 61.3 Å². The molecule has 0 atom stereocenters. The zero-order chi connectivity index (χ0) is 43.8. The molecule has 0 saturated heterocycles. The number of rotatable bonds is 9. The lowest BCUT2D eigenvalue weighted by Crippen LogP contribution is -2.12. The molecule has 0 radical (unpaired) electrons. The number of hydrogen-bond donors (Lipinski definition) is 0. The maximum atomic E-state index is 2.48. The van der Waals surface area contributed by atoms with Gasteiger partial charge in [-0.3, -0.25) is 0 Å². The van der Waals surface area contributed by atoms with E-state index in [-0.39, 0.29) is 0 Å². The Morgan fingerprint density at radius 2 is 0.742 bits per heavy atom. The molecule has 0 aliphatic rings. The molecule has 0 unspecified atom stereocenters. The fraction of sp³-hybridized carbons (Fsp3) is 0. The molecule has 0 bridgehead atoms. The van der Waals surface area contributed by atoms with Gasteiger partial charge >= 0.3 is 0 Å². The Bertz CT molecular complexity index is 3650. The molecule has 0 N–H and O–H groups in total. The standard InChI is InChI=1S/C64H44N2/c1-4-21-45(22-5-1)48-27-20-28-49(43-48)51-41-42-64(55-31-11-10-30-53(51)55)65(60-35-16-12-29-52(60)46-23-6-2-7-24-46)50-39-40-54(59(44-50)47-25-8-3-9-26-47)56-32-13-17-36-61(56)66-62-37-18-14-33-57(62)58-34-15-19-38-63(58)66/h1-44H. The highest BCUT2D eigenvalue weighted by Crippen LogP contribution is 2.48. The summed E-state index contributed by atoms with van der Waals surface area (Å²) in [5.74, 6) is 0. The van der Waals surface area contributed by atoms with Gasteiger partial charge in [0.2, 0.25) is 0 Å². The summed E-state index contributed by atoms with van der Waals surface area (Å²) in [6.45, 7) is 0. The summed E-state index contributed by atoms with van der Waals surface area (Å²) in [6, 6.07) is 97.0. The van der Waals surface area contributed by atoms with Crippen LogP contribution in [0.4, 0.5) is 17.1 Å². The zero-order valence-corrected chi connectivity index (χ0v) is 36.3. The normalized spacial score (nSPS) is 11.3. The van der Waals surface area contributed by atoms with Gasteiger partial charge in [0.15, 0.2) is 0 Å². The number of aromatic nitrogens is 1. The first-order valence-electron chi connectivity index (χ1n) is 22.7. The van der Waals surface area contributed by atoms with Crippen LogP contribution in [-0.2, 0) is 0 Å². The highest BCUT2D eigenvalue weighted by atomic mass is 15.1. The van der Waals surface area contributed by atoms with E-state index in [4.69, 9.17) is 0 Å². The number of benzene rings is 11. The van der Waals surface area contributed by atoms with Gasteiger partial charge in [-0.1, -0.05) is 218 Å². The van der Waals surface area contributed by atoms with Crippen LogP contribution in [0, 0.1) is 0 Å². The van der Waals surface area contributed by atoms with Crippen LogP contribution < -0.4 is 4.90 Å². The molecule has 2 nitrogen and oxygen atoms in total. The van der Waals surface area contributed by atoms with E-state index in [2.05, 4.69) is 276 Å². The number of fused-ring (bicyclic) bond motifs is 4. The first kappa shape index (κ1) is 38.9. The fourth-order valence-electron chi connectivity index (χ4n) is 10.0. The second-order valence-electron chi connectivity index (χ2n) is 16.8. The van der Waals surface area contributed by atoms with Gasteiger partial charge in [0.25, 0.3) is 0 Å².